The number of amides is 3. The Hall–Kier alpha value is -7.01. The fourth-order valence-corrected chi connectivity index (χ4v) is 7.84. The minimum Gasteiger partial charge on any atom is -0.494 e. The first-order chi connectivity index (χ1) is 28.6. The Morgan fingerprint density at radius 2 is 1.66 bits per heavy atom. The third-order valence-electron chi connectivity index (χ3n) is 10.9. The number of halogens is 1. The second-order valence-electron chi connectivity index (χ2n) is 14.6. The first-order valence-corrected chi connectivity index (χ1v) is 19.2. The number of methoxy groups -OCH3 is 1. The highest BCUT2D eigenvalue weighted by Gasteiger charge is 2.31. The van der Waals surface area contributed by atoms with E-state index in [4.69, 9.17) is 9.72 Å². The molecule has 2 aliphatic rings. The molecule has 0 spiro atoms. The number of para-hydroxylation sites is 1. The Bertz CT molecular complexity index is 2620. The van der Waals surface area contributed by atoms with Crippen LogP contribution in [-0.2, 0) is 23.2 Å². The summed E-state index contributed by atoms with van der Waals surface area (Å²) < 4.78 is 22.3. The summed E-state index contributed by atoms with van der Waals surface area (Å²) in [6.07, 6.45) is 7.93. The number of anilines is 4. The van der Waals surface area contributed by atoms with Crippen LogP contribution < -0.4 is 31.7 Å². The number of benzene rings is 2. The van der Waals surface area contributed by atoms with Crippen LogP contribution in [0.2, 0.25) is 0 Å². The fraction of sp³-hybridized carbons (Fsp3) is 0.286. The van der Waals surface area contributed by atoms with Gasteiger partial charge in [0.05, 0.1) is 53.0 Å². The topological polar surface area (TPSA) is 190 Å². The van der Waals surface area contributed by atoms with Crippen LogP contribution >= 0.6 is 0 Å². The normalized spacial score (nSPS) is 16.2. The number of nitrogens with one attached hydrogen (secondary N) is 4. The molecule has 3 amide bonds. The minimum absolute atomic E-state index is 0.198. The van der Waals surface area contributed by atoms with Gasteiger partial charge in [0.2, 0.25) is 11.8 Å². The lowest BCUT2D eigenvalue weighted by Crippen LogP contribution is -2.44. The molecule has 4 N–H and O–H groups in total. The number of hydrogen-bond donors (Lipinski definition) is 4. The molecule has 59 heavy (non-hydrogen) atoms. The third kappa shape index (κ3) is 7.96. The van der Waals surface area contributed by atoms with Crippen molar-refractivity contribution in [2.24, 2.45) is 7.05 Å². The number of likely N-dealkylation sites (tertiary alicyclic amines) is 1. The number of nitrogens with zero attached hydrogens (tertiary/aromatic N) is 7. The molecule has 0 saturated carbocycles. The van der Waals surface area contributed by atoms with Crippen molar-refractivity contribution in [3.63, 3.8) is 0 Å². The molecular weight excluding hydrogens is 758 g/mol. The van der Waals surface area contributed by atoms with Crippen LogP contribution in [0.1, 0.15) is 59.1 Å². The van der Waals surface area contributed by atoms with Gasteiger partial charge in [0.1, 0.15) is 17.7 Å². The van der Waals surface area contributed by atoms with Gasteiger partial charge in [-0.05, 0) is 79.7 Å². The van der Waals surface area contributed by atoms with Gasteiger partial charge in [-0.15, -0.1) is 0 Å². The highest BCUT2D eigenvalue weighted by molar-refractivity contribution is 6.01. The van der Waals surface area contributed by atoms with Gasteiger partial charge in [-0.25, -0.2) is 29.1 Å². The number of aryl methyl sites for hydroxylation is 1. The molecule has 0 bridgehead atoms. The Labute approximate surface area is 337 Å². The molecule has 1 unspecified atom stereocenters. The maximum Gasteiger partial charge on any atom is 0.329 e. The summed E-state index contributed by atoms with van der Waals surface area (Å²) in [5, 5.41) is 11.6. The summed E-state index contributed by atoms with van der Waals surface area (Å²) >= 11 is 0. The molecule has 17 heteroatoms. The van der Waals surface area contributed by atoms with Gasteiger partial charge in [0.15, 0.2) is 17.4 Å². The van der Waals surface area contributed by atoms with Crippen LogP contribution in [0, 0.1) is 5.82 Å². The van der Waals surface area contributed by atoms with E-state index < -0.39 is 17.8 Å². The van der Waals surface area contributed by atoms with E-state index in [1.54, 1.807) is 42.9 Å². The van der Waals surface area contributed by atoms with E-state index >= 15 is 0 Å². The lowest BCUT2D eigenvalue weighted by Gasteiger charge is -2.32. The van der Waals surface area contributed by atoms with E-state index in [9.17, 15) is 23.6 Å². The summed E-state index contributed by atoms with van der Waals surface area (Å²) in [5.41, 5.74) is 5.19. The number of carbonyl (C=O) groups excluding carboxylic acids is 3. The standard InChI is InChI=1S/C42H42FN11O5/c1-44-40(56)29-22-46-36(18-31(29)49-30-6-4-5-28(38(30)59-3)39-47-20-27(43)21-48-39)50-35-11-8-26(19-45-35)25-13-15-53(16-14-25)23-24-7-9-32-34(17-24)52(2)42(58)54(32)33-10-12-37(55)51-41(33)57/h4-9,11,17-22,25,33H,10,12-16,23H2,1-3H3,(H,44,56)(H,51,55,57)(H2,45,46,49,50). The van der Waals surface area contributed by atoms with Gasteiger partial charge in [-0.1, -0.05) is 18.2 Å². The van der Waals surface area contributed by atoms with Crippen LogP contribution in [0.4, 0.5) is 27.4 Å². The lowest BCUT2D eigenvalue weighted by atomic mass is 9.90. The average Bonchev–Trinajstić information content (AvgIpc) is 3.49. The molecule has 4 aromatic heterocycles. The maximum atomic E-state index is 13.5. The van der Waals surface area contributed by atoms with Crippen molar-refractivity contribution in [1.29, 1.82) is 0 Å². The smallest absolute Gasteiger partial charge is 0.329 e. The van der Waals surface area contributed by atoms with Gasteiger partial charge < -0.3 is 20.7 Å². The molecule has 8 rings (SSSR count). The molecule has 2 aromatic carbocycles. The van der Waals surface area contributed by atoms with E-state index in [0.29, 0.717) is 57.7 Å². The van der Waals surface area contributed by atoms with Crippen LogP contribution in [0.5, 0.6) is 5.75 Å². The summed E-state index contributed by atoms with van der Waals surface area (Å²) in [6.45, 7) is 2.51. The number of imide groups is 1. The van der Waals surface area contributed by atoms with Gasteiger partial charge in [0, 0.05) is 45.5 Å². The van der Waals surface area contributed by atoms with Crippen molar-refractivity contribution in [3.8, 4) is 17.1 Å². The molecule has 6 heterocycles. The number of pyridine rings is 2. The summed E-state index contributed by atoms with van der Waals surface area (Å²) in [4.78, 5) is 70.1. The van der Waals surface area contributed by atoms with Crippen molar-refractivity contribution in [2.45, 2.75) is 44.2 Å². The number of fused-ring (bicyclic) bond motifs is 1. The maximum absolute atomic E-state index is 13.5. The number of carbonyl (C=O) groups is 3. The molecule has 2 fully saturated rings. The Kier molecular flexibility index (Phi) is 10.8. The largest absolute Gasteiger partial charge is 0.494 e. The van der Waals surface area contributed by atoms with Crippen molar-refractivity contribution in [1.82, 2.24) is 44.6 Å². The van der Waals surface area contributed by atoms with Crippen LogP contribution in [0.3, 0.4) is 0 Å². The molecule has 1 atom stereocenters. The second kappa shape index (κ2) is 16.5. The Morgan fingerprint density at radius 3 is 2.37 bits per heavy atom. The number of piperidine rings is 2. The highest BCUT2D eigenvalue weighted by atomic mass is 19.1. The monoisotopic (exact) mass is 799 g/mol. The number of hydrogen-bond acceptors (Lipinski definition) is 12. The minimum atomic E-state index is -0.714. The zero-order valence-corrected chi connectivity index (χ0v) is 32.7. The zero-order chi connectivity index (χ0) is 41.2. The first-order valence-electron chi connectivity index (χ1n) is 19.2. The zero-order valence-electron chi connectivity index (χ0n) is 32.7. The van der Waals surface area contributed by atoms with Crippen molar-refractivity contribution in [2.75, 3.05) is 37.9 Å². The highest BCUT2D eigenvalue weighted by Crippen LogP contribution is 2.38. The van der Waals surface area contributed by atoms with Gasteiger partial charge in [0.25, 0.3) is 5.91 Å². The number of aromatic nitrogens is 6. The first kappa shape index (κ1) is 38.8. The predicted molar refractivity (Wildman–Crippen MR) is 218 cm³/mol. The predicted octanol–water partition coefficient (Wildman–Crippen LogP) is 4.94. The molecule has 0 aliphatic carbocycles. The molecule has 2 aliphatic heterocycles. The van der Waals surface area contributed by atoms with Gasteiger partial charge in [-0.2, -0.15) is 0 Å². The summed E-state index contributed by atoms with van der Waals surface area (Å²) in [5.74, 6) is 0.408. The molecular formula is C42H42FN11O5. The van der Waals surface area contributed by atoms with E-state index in [1.165, 1.54) is 17.9 Å². The molecule has 6 aromatic rings. The van der Waals surface area contributed by atoms with Crippen molar-refractivity contribution < 1.29 is 23.5 Å². The fourth-order valence-electron chi connectivity index (χ4n) is 7.84. The lowest BCUT2D eigenvalue weighted by molar-refractivity contribution is -0.135. The van der Waals surface area contributed by atoms with Crippen LogP contribution in [-0.4, -0.2) is 78.9 Å². The molecule has 0 radical (unpaired) electrons. The van der Waals surface area contributed by atoms with Crippen LogP contribution in [0.25, 0.3) is 22.4 Å². The average molecular weight is 800 g/mol. The molecule has 2 saturated heterocycles. The van der Waals surface area contributed by atoms with E-state index in [-0.39, 0.29) is 29.7 Å². The quantitative estimate of drug-likeness (QED) is 0.129. The summed E-state index contributed by atoms with van der Waals surface area (Å²) in [7, 11) is 4.75. The van der Waals surface area contributed by atoms with Gasteiger partial charge in [-0.3, -0.25) is 33.7 Å². The SMILES string of the molecule is CNC(=O)c1cnc(Nc2ccc(C3CCN(Cc4ccc5c(c4)n(C)c(=O)n5C4CCC(=O)NC4=O)CC3)cn2)cc1Nc1cccc(-c2ncc(F)cn2)c1OC. The van der Waals surface area contributed by atoms with Crippen molar-refractivity contribution >= 4 is 51.8 Å². The van der Waals surface area contributed by atoms with E-state index in [0.717, 1.165) is 61.5 Å². The van der Waals surface area contributed by atoms with E-state index in [1.807, 2.05) is 30.5 Å². The summed E-state index contributed by atoms with van der Waals surface area (Å²) in [6, 6.07) is 16.2. The molecule has 16 nitrogen and oxygen atoms in total. The van der Waals surface area contributed by atoms with Crippen molar-refractivity contribution in [3.05, 3.63) is 112 Å². The Balaban J connectivity index is 0.917. The third-order valence-corrected chi connectivity index (χ3v) is 10.9. The molecule has 302 valence electrons. The second-order valence-corrected chi connectivity index (χ2v) is 14.6. The van der Waals surface area contributed by atoms with Gasteiger partial charge >= 0.3 is 5.69 Å². The number of ether oxygens (including phenoxy) is 1. The van der Waals surface area contributed by atoms with E-state index in [2.05, 4.69) is 47.2 Å². The number of rotatable bonds is 11. The Morgan fingerprint density at radius 1 is 0.881 bits per heavy atom. The number of imidazole rings is 1. The van der Waals surface area contributed by atoms with Crippen LogP contribution in [0.15, 0.2) is 84.2 Å².